The topological polar surface area (TPSA) is 0 Å². The van der Waals surface area contributed by atoms with Crippen molar-refractivity contribution in [2.45, 2.75) is 38.0 Å². The van der Waals surface area contributed by atoms with Crippen molar-refractivity contribution in [2.24, 2.45) is 17.8 Å². The molecule has 3 atom stereocenters. The molecule has 0 aromatic heterocycles. The SMILES string of the molecule is FC(F)C(F)(F)C1CC2CCC1C2. The van der Waals surface area contributed by atoms with Crippen LogP contribution in [-0.2, 0) is 0 Å². The summed E-state index contributed by atoms with van der Waals surface area (Å²) in [5.74, 6) is -4.65. The first-order valence-corrected chi connectivity index (χ1v) is 4.67. The molecule has 2 fully saturated rings. The normalized spacial score (nSPS) is 39.0. The van der Waals surface area contributed by atoms with E-state index in [0.29, 0.717) is 12.3 Å². The highest BCUT2D eigenvalue weighted by Crippen LogP contribution is 2.54. The van der Waals surface area contributed by atoms with Crippen molar-refractivity contribution in [3.63, 3.8) is 0 Å². The van der Waals surface area contributed by atoms with Crippen molar-refractivity contribution in [1.29, 1.82) is 0 Å². The van der Waals surface area contributed by atoms with E-state index < -0.39 is 18.3 Å². The van der Waals surface area contributed by atoms with Crippen LogP contribution in [0.4, 0.5) is 17.6 Å². The van der Waals surface area contributed by atoms with E-state index in [0.717, 1.165) is 19.3 Å². The molecule has 0 radical (unpaired) electrons. The van der Waals surface area contributed by atoms with Crippen LogP contribution >= 0.6 is 0 Å². The molecule has 0 amide bonds. The molecule has 2 aliphatic rings. The van der Waals surface area contributed by atoms with Crippen molar-refractivity contribution < 1.29 is 17.6 Å². The van der Waals surface area contributed by atoms with Crippen molar-refractivity contribution in [2.75, 3.05) is 0 Å². The van der Waals surface area contributed by atoms with Gasteiger partial charge in [0.25, 0.3) is 0 Å². The first kappa shape index (κ1) is 9.28. The van der Waals surface area contributed by atoms with Gasteiger partial charge in [0, 0.05) is 5.92 Å². The van der Waals surface area contributed by atoms with E-state index in [-0.39, 0.29) is 5.92 Å². The fraction of sp³-hybridized carbons (Fsp3) is 1.00. The number of hydrogen-bond donors (Lipinski definition) is 0. The Balaban J connectivity index is 2.09. The van der Waals surface area contributed by atoms with Gasteiger partial charge in [-0.3, -0.25) is 0 Å². The third-order valence-corrected chi connectivity index (χ3v) is 3.52. The van der Waals surface area contributed by atoms with Gasteiger partial charge in [-0.25, -0.2) is 8.78 Å². The maximum Gasteiger partial charge on any atom is 0.310 e. The largest absolute Gasteiger partial charge is 0.310 e. The lowest BCUT2D eigenvalue weighted by Crippen LogP contribution is -2.38. The van der Waals surface area contributed by atoms with Gasteiger partial charge in [0.15, 0.2) is 0 Å². The number of rotatable bonds is 2. The zero-order valence-corrected chi connectivity index (χ0v) is 7.15. The highest BCUT2D eigenvalue weighted by Gasteiger charge is 2.56. The van der Waals surface area contributed by atoms with E-state index in [4.69, 9.17) is 0 Å². The molecule has 0 N–H and O–H groups in total. The predicted octanol–water partition coefficient (Wildman–Crippen LogP) is 3.32. The van der Waals surface area contributed by atoms with Crippen LogP contribution in [0, 0.1) is 17.8 Å². The Morgan fingerprint density at radius 2 is 1.77 bits per heavy atom. The molecule has 0 heterocycles. The van der Waals surface area contributed by atoms with Gasteiger partial charge < -0.3 is 0 Å². The summed E-state index contributed by atoms with van der Waals surface area (Å²) in [6.45, 7) is 0. The van der Waals surface area contributed by atoms with Crippen LogP contribution in [0.15, 0.2) is 0 Å². The summed E-state index contributed by atoms with van der Waals surface area (Å²) in [5.41, 5.74) is 0. The van der Waals surface area contributed by atoms with E-state index >= 15 is 0 Å². The Hall–Kier alpha value is -0.280. The molecule has 2 saturated carbocycles. The van der Waals surface area contributed by atoms with E-state index in [1.54, 1.807) is 0 Å². The molecule has 0 aromatic rings. The van der Waals surface area contributed by atoms with Crippen LogP contribution in [0.5, 0.6) is 0 Å². The second kappa shape index (κ2) is 2.85. The lowest BCUT2D eigenvalue weighted by molar-refractivity contribution is -0.176. The van der Waals surface area contributed by atoms with Crippen molar-refractivity contribution in [3.05, 3.63) is 0 Å². The van der Waals surface area contributed by atoms with Crippen LogP contribution < -0.4 is 0 Å². The smallest absolute Gasteiger partial charge is 0.204 e. The van der Waals surface area contributed by atoms with E-state index in [1.165, 1.54) is 0 Å². The molecule has 2 bridgehead atoms. The average Bonchev–Trinajstić information content (AvgIpc) is 2.63. The van der Waals surface area contributed by atoms with E-state index in [2.05, 4.69) is 0 Å². The summed E-state index contributed by atoms with van der Waals surface area (Å²) in [5, 5.41) is 0. The Morgan fingerprint density at radius 3 is 2.15 bits per heavy atom. The van der Waals surface area contributed by atoms with Crippen LogP contribution in [0.25, 0.3) is 0 Å². The average molecular weight is 196 g/mol. The molecule has 2 rings (SSSR count). The Bertz CT molecular complexity index is 202. The van der Waals surface area contributed by atoms with Crippen LogP contribution in [0.1, 0.15) is 25.7 Å². The third kappa shape index (κ3) is 1.34. The number of alkyl halides is 4. The lowest BCUT2D eigenvalue weighted by atomic mass is 9.84. The number of halogens is 4. The first-order chi connectivity index (χ1) is 6.01. The van der Waals surface area contributed by atoms with Gasteiger partial charge >= 0.3 is 12.3 Å². The van der Waals surface area contributed by atoms with Gasteiger partial charge in [-0.05, 0) is 31.1 Å². The Labute approximate surface area is 74.3 Å². The number of hydrogen-bond acceptors (Lipinski definition) is 0. The zero-order chi connectivity index (χ0) is 9.64. The molecule has 0 spiro atoms. The molecule has 2 aliphatic carbocycles. The molecule has 76 valence electrons. The minimum atomic E-state index is -3.75. The molecular weight excluding hydrogens is 184 g/mol. The highest BCUT2D eigenvalue weighted by atomic mass is 19.3. The standard InChI is InChI=1S/C9H12F4/c10-8(11)9(12,13)7-4-5-1-2-6(7)3-5/h5-8H,1-4H2. The minimum absolute atomic E-state index is 0.144. The zero-order valence-electron chi connectivity index (χ0n) is 7.15. The predicted molar refractivity (Wildman–Crippen MR) is 39.9 cm³/mol. The van der Waals surface area contributed by atoms with Gasteiger partial charge in [-0.1, -0.05) is 6.42 Å². The molecule has 4 heteroatoms. The Morgan fingerprint density at radius 1 is 1.08 bits per heavy atom. The lowest BCUT2D eigenvalue weighted by Gasteiger charge is -2.29. The fourth-order valence-corrected chi connectivity index (χ4v) is 2.88. The van der Waals surface area contributed by atoms with E-state index in [1.807, 2.05) is 0 Å². The molecular formula is C9H12F4. The third-order valence-electron chi connectivity index (χ3n) is 3.52. The van der Waals surface area contributed by atoms with Crippen molar-refractivity contribution in [1.82, 2.24) is 0 Å². The maximum atomic E-state index is 13.0. The van der Waals surface area contributed by atoms with Gasteiger partial charge in [-0.2, -0.15) is 8.78 Å². The second-order valence-corrected chi connectivity index (χ2v) is 4.26. The summed E-state index contributed by atoms with van der Waals surface area (Å²) in [4.78, 5) is 0. The van der Waals surface area contributed by atoms with Crippen molar-refractivity contribution in [3.8, 4) is 0 Å². The molecule has 0 nitrogen and oxygen atoms in total. The summed E-state index contributed by atoms with van der Waals surface area (Å²) < 4.78 is 50.0. The molecule has 0 saturated heterocycles. The van der Waals surface area contributed by atoms with E-state index in [9.17, 15) is 17.6 Å². The highest BCUT2D eigenvalue weighted by molar-refractivity contribution is 4.96. The summed E-state index contributed by atoms with van der Waals surface area (Å²) in [6.07, 6.45) is -0.760. The number of fused-ring (bicyclic) bond motifs is 2. The monoisotopic (exact) mass is 196 g/mol. The van der Waals surface area contributed by atoms with Crippen LogP contribution in [0.2, 0.25) is 0 Å². The summed E-state index contributed by atoms with van der Waals surface area (Å²) >= 11 is 0. The second-order valence-electron chi connectivity index (χ2n) is 4.26. The fourth-order valence-electron chi connectivity index (χ4n) is 2.88. The molecule has 3 unspecified atom stereocenters. The minimum Gasteiger partial charge on any atom is -0.204 e. The van der Waals surface area contributed by atoms with Crippen molar-refractivity contribution >= 4 is 0 Å². The first-order valence-electron chi connectivity index (χ1n) is 4.67. The van der Waals surface area contributed by atoms with Gasteiger partial charge in [0.1, 0.15) is 0 Å². The summed E-state index contributed by atoms with van der Waals surface area (Å²) in [6, 6.07) is 0. The molecule has 0 aliphatic heterocycles. The summed E-state index contributed by atoms with van der Waals surface area (Å²) in [7, 11) is 0. The van der Waals surface area contributed by atoms with Gasteiger partial charge in [0.05, 0.1) is 0 Å². The van der Waals surface area contributed by atoms with Crippen LogP contribution in [-0.4, -0.2) is 12.3 Å². The quantitative estimate of drug-likeness (QED) is 0.594. The molecule has 13 heavy (non-hydrogen) atoms. The Kier molecular flexibility index (Phi) is 2.04. The maximum absolute atomic E-state index is 13.0. The van der Waals surface area contributed by atoms with Gasteiger partial charge in [0.2, 0.25) is 0 Å². The van der Waals surface area contributed by atoms with Gasteiger partial charge in [-0.15, -0.1) is 0 Å². The molecule has 0 aromatic carbocycles. The van der Waals surface area contributed by atoms with Crippen LogP contribution in [0.3, 0.4) is 0 Å².